The minimum absolute atomic E-state index is 0.117. The number of halogens is 3. The van der Waals surface area contributed by atoms with Crippen molar-refractivity contribution in [3.8, 4) is 5.75 Å². The average molecular weight is 471 g/mol. The maximum Gasteiger partial charge on any atom is 0.393 e. The van der Waals surface area contributed by atoms with Gasteiger partial charge < -0.3 is 20.1 Å². The number of ether oxygens (including phenoxy) is 1. The molecule has 34 heavy (non-hydrogen) atoms. The monoisotopic (exact) mass is 471 g/mol. The molecule has 0 radical (unpaired) electrons. The maximum absolute atomic E-state index is 12.6. The highest BCUT2D eigenvalue weighted by atomic mass is 19.4. The minimum Gasteiger partial charge on any atom is -0.493 e. The van der Waals surface area contributed by atoms with Crippen molar-refractivity contribution in [3.63, 3.8) is 0 Å². The first-order valence-electron chi connectivity index (χ1n) is 10.8. The number of pyridine rings is 1. The summed E-state index contributed by atoms with van der Waals surface area (Å²) >= 11 is 0. The Morgan fingerprint density at radius 3 is 2.62 bits per heavy atom. The van der Waals surface area contributed by atoms with Gasteiger partial charge in [-0.15, -0.1) is 0 Å². The summed E-state index contributed by atoms with van der Waals surface area (Å²) in [5, 5.41) is 12.6. The molecule has 178 valence electrons. The van der Waals surface area contributed by atoms with Crippen LogP contribution in [0.15, 0.2) is 60.9 Å². The molecule has 0 fully saturated rings. The molecular weight excluding hydrogens is 447 g/mol. The number of nitrogens with zero attached hydrogens (tertiary/aromatic N) is 2. The van der Waals surface area contributed by atoms with E-state index in [1.165, 1.54) is 30.6 Å². The Morgan fingerprint density at radius 2 is 1.91 bits per heavy atom. The van der Waals surface area contributed by atoms with Gasteiger partial charge in [0.1, 0.15) is 5.75 Å². The van der Waals surface area contributed by atoms with Gasteiger partial charge in [-0.25, -0.2) is 4.79 Å². The van der Waals surface area contributed by atoms with Crippen LogP contribution < -0.4 is 15.0 Å². The predicted octanol–water partition coefficient (Wildman–Crippen LogP) is 5.63. The third kappa shape index (κ3) is 5.41. The van der Waals surface area contributed by atoms with Crippen LogP contribution in [0.1, 0.15) is 33.8 Å². The van der Waals surface area contributed by atoms with E-state index in [9.17, 15) is 23.1 Å². The molecule has 0 saturated heterocycles. The third-order valence-corrected chi connectivity index (χ3v) is 5.87. The fourth-order valence-corrected chi connectivity index (χ4v) is 4.05. The summed E-state index contributed by atoms with van der Waals surface area (Å²) in [6, 6.07) is 13.6. The highest BCUT2D eigenvalue weighted by molar-refractivity contribution is 5.93. The number of aromatic carboxylic acids is 1. The molecule has 6 nitrogen and oxygen atoms in total. The Hall–Kier alpha value is -3.75. The molecule has 3 aromatic rings. The van der Waals surface area contributed by atoms with E-state index in [-0.39, 0.29) is 17.0 Å². The standard InChI is InChI=1S/C25H24F3N3O3/c1-31(18-4-2-16(3-5-18)13-25(26,27)28)19-6-7-20-17(9-11-34-23(20)12-19)14-30-22-15-29-10-8-21(22)24(32)33/h2-8,10,12,15,17,30H,9,11,13-14H2,1H3,(H,32,33)/t17-/m0/s1. The molecule has 0 aliphatic carbocycles. The molecule has 1 aliphatic heterocycles. The van der Waals surface area contributed by atoms with Gasteiger partial charge in [-0.1, -0.05) is 18.2 Å². The number of carbonyl (C=O) groups is 1. The molecule has 0 spiro atoms. The zero-order valence-electron chi connectivity index (χ0n) is 18.5. The van der Waals surface area contributed by atoms with Crippen LogP contribution in [0.3, 0.4) is 0 Å². The number of aromatic nitrogens is 1. The predicted molar refractivity (Wildman–Crippen MR) is 123 cm³/mol. The van der Waals surface area contributed by atoms with Crippen molar-refractivity contribution in [1.82, 2.24) is 4.98 Å². The third-order valence-electron chi connectivity index (χ3n) is 5.87. The summed E-state index contributed by atoms with van der Waals surface area (Å²) in [4.78, 5) is 17.3. The molecule has 0 saturated carbocycles. The lowest BCUT2D eigenvalue weighted by atomic mass is 9.92. The first kappa shape index (κ1) is 23.4. The number of rotatable bonds is 7. The molecule has 2 aromatic carbocycles. The molecular formula is C25H24F3N3O3. The number of carboxylic acid groups (broad SMARTS) is 1. The van der Waals surface area contributed by atoms with Gasteiger partial charge in [0, 0.05) is 43.1 Å². The van der Waals surface area contributed by atoms with Gasteiger partial charge in [-0.2, -0.15) is 13.2 Å². The van der Waals surface area contributed by atoms with Crippen molar-refractivity contribution in [1.29, 1.82) is 0 Å². The summed E-state index contributed by atoms with van der Waals surface area (Å²) in [6.07, 6.45) is -1.46. The molecule has 2 N–H and O–H groups in total. The van der Waals surface area contributed by atoms with Crippen LogP contribution in [0.5, 0.6) is 5.75 Å². The lowest BCUT2D eigenvalue weighted by Crippen LogP contribution is -2.22. The second-order valence-corrected chi connectivity index (χ2v) is 8.18. The van der Waals surface area contributed by atoms with E-state index in [1.807, 2.05) is 30.1 Å². The topological polar surface area (TPSA) is 74.7 Å². The molecule has 4 rings (SSSR count). The van der Waals surface area contributed by atoms with Gasteiger partial charge in [0.05, 0.1) is 30.5 Å². The number of anilines is 3. The van der Waals surface area contributed by atoms with Gasteiger partial charge in [-0.05, 0) is 41.8 Å². The van der Waals surface area contributed by atoms with Crippen molar-refractivity contribution < 1.29 is 27.8 Å². The molecule has 1 atom stereocenters. The summed E-state index contributed by atoms with van der Waals surface area (Å²) in [5.74, 6) is -0.163. The van der Waals surface area contributed by atoms with Crippen LogP contribution in [0, 0.1) is 0 Å². The fraction of sp³-hybridized carbons (Fsp3) is 0.280. The Morgan fingerprint density at radius 1 is 1.18 bits per heavy atom. The summed E-state index contributed by atoms with van der Waals surface area (Å²) < 4.78 is 43.7. The van der Waals surface area contributed by atoms with Gasteiger partial charge in [0.25, 0.3) is 0 Å². The molecule has 0 bridgehead atoms. The smallest absolute Gasteiger partial charge is 0.393 e. The largest absolute Gasteiger partial charge is 0.493 e. The summed E-state index contributed by atoms with van der Waals surface area (Å²) in [7, 11) is 1.85. The van der Waals surface area contributed by atoms with Crippen LogP contribution in [-0.2, 0) is 6.42 Å². The van der Waals surface area contributed by atoms with E-state index in [0.717, 1.165) is 29.1 Å². The van der Waals surface area contributed by atoms with E-state index in [4.69, 9.17) is 4.74 Å². The van der Waals surface area contributed by atoms with E-state index in [2.05, 4.69) is 10.3 Å². The Balaban J connectivity index is 1.48. The second kappa shape index (κ2) is 9.62. The number of alkyl halides is 3. The van der Waals surface area contributed by atoms with Crippen LogP contribution in [0.25, 0.3) is 0 Å². The number of nitrogens with one attached hydrogen (secondary N) is 1. The molecule has 0 unspecified atom stereocenters. The average Bonchev–Trinajstić information content (AvgIpc) is 2.81. The number of hydrogen-bond acceptors (Lipinski definition) is 5. The lowest BCUT2D eigenvalue weighted by Gasteiger charge is -2.28. The van der Waals surface area contributed by atoms with Gasteiger partial charge in [-0.3, -0.25) is 4.98 Å². The zero-order chi connectivity index (χ0) is 24.3. The van der Waals surface area contributed by atoms with E-state index in [1.54, 1.807) is 12.1 Å². The quantitative estimate of drug-likeness (QED) is 0.465. The Bertz CT molecular complexity index is 1170. The van der Waals surface area contributed by atoms with Crippen molar-refractivity contribution in [2.45, 2.75) is 24.9 Å². The highest BCUT2D eigenvalue weighted by Crippen LogP contribution is 2.38. The zero-order valence-corrected chi connectivity index (χ0v) is 18.5. The van der Waals surface area contributed by atoms with E-state index < -0.39 is 18.6 Å². The van der Waals surface area contributed by atoms with Gasteiger partial charge in [0.15, 0.2) is 0 Å². The van der Waals surface area contributed by atoms with Crippen LogP contribution in [0.2, 0.25) is 0 Å². The molecule has 2 heterocycles. The number of fused-ring (bicyclic) bond motifs is 1. The van der Waals surface area contributed by atoms with Crippen molar-refractivity contribution in [2.24, 2.45) is 0 Å². The number of benzene rings is 2. The molecule has 9 heteroatoms. The summed E-state index contributed by atoms with van der Waals surface area (Å²) in [6.45, 7) is 1.05. The molecule has 0 amide bonds. The Kier molecular flexibility index (Phi) is 6.63. The van der Waals surface area contributed by atoms with Crippen molar-refractivity contribution in [3.05, 3.63) is 77.6 Å². The first-order valence-corrected chi connectivity index (χ1v) is 10.8. The minimum atomic E-state index is -4.24. The van der Waals surface area contributed by atoms with Crippen molar-refractivity contribution in [2.75, 3.05) is 30.4 Å². The lowest BCUT2D eigenvalue weighted by molar-refractivity contribution is -0.127. The maximum atomic E-state index is 12.6. The number of carboxylic acids is 1. The fourth-order valence-electron chi connectivity index (χ4n) is 4.05. The van der Waals surface area contributed by atoms with Crippen LogP contribution in [0.4, 0.5) is 30.2 Å². The normalized spacial score (nSPS) is 15.2. The van der Waals surface area contributed by atoms with Crippen molar-refractivity contribution >= 4 is 23.0 Å². The van der Waals surface area contributed by atoms with Crippen LogP contribution >= 0.6 is 0 Å². The highest BCUT2D eigenvalue weighted by Gasteiger charge is 2.27. The SMILES string of the molecule is CN(c1ccc(CC(F)(F)F)cc1)c1ccc2c(c1)OCC[C@H]2CNc1cnccc1C(=O)O. The van der Waals surface area contributed by atoms with Gasteiger partial charge >= 0.3 is 12.1 Å². The second-order valence-electron chi connectivity index (χ2n) is 8.18. The Labute approximate surface area is 195 Å². The molecule has 1 aliphatic rings. The van der Waals surface area contributed by atoms with E-state index >= 15 is 0 Å². The summed E-state index contributed by atoms with van der Waals surface area (Å²) in [5.41, 5.74) is 3.47. The number of hydrogen-bond donors (Lipinski definition) is 2. The van der Waals surface area contributed by atoms with Crippen LogP contribution in [-0.4, -0.2) is 42.4 Å². The first-order chi connectivity index (χ1) is 16.2. The van der Waals surface area contributed by atoms with E-state index in [0.29, 0.717) is 18.8 Å². The van der Waals surface area contributed by atoms with Gasteiger partial charge in [0.2, 0.25) is 0 Å². The molecule has 1 aromatic heterocycles.